The Morgan fingerprint density at radius 1 is 1.15 bits per heavy atom. The van der Waals surface area contributed by atoms with Crippen LogP contribution in [-0.4, -0.2) is 23.2 Å². The maximum atomic E-state index is 14.3. The van der Waals surface area contributed by atoms with E-state index in [0.29, 0.717) is 17.7 Å². The fourth-order valence-corrected chi connectivity index (χ4v) is 5.53. The van der Waals surface area contributed by atoms with E-state index >= 15 is 0 Å². The van der Waals surface area contributed by atoms with E-state index in [1.165, 1.54) is 6.07 Å². The molecule has 2 aliphatic rings. The van der Waals surface area contributed by atoms with E-state index in [2.05, 4.69) is 12.2 Å². The van der Waals surface area contributed by atoms with Crippen molar-refractivity contribution in [1.29, 1.82) is 0 Å². The summed E-state index contributed by atoms with van der Waals surface area (Å²) in [5.41, 5.74) is -0.407. The number of hydrogen-bond acceptors (Lipinski definition) is 3. The lowest BCUT2D eigenvalue weighted by molar-refractivity contribution is -0.155. The lowest BCUT2D eigenvalue weighted by Gasteiger charge is -2.51. The Morgan fingerprint density at radius 2 is 1.79 bits per heavy atom. The number of aliphatic carboxylic acids is 1. The number of ether oxygens (including phenoxy) is 1. The number of halogens is 3. The molecule has 2 aromatic carbocycles. The molecule has 4 rings (SSSR count). The van der Waals surface area contributed by atoms with Crippen molar-refractivity contribution >= 4 is 16.7 Å². The van der Waals surface area contributed by atoms with Gasteiger partial charge in [0.1, 0.15) is 11.3 Å². The van der Waals surface area contributed by atoms with Crippen molar-refractivity contribution in [2.24, 2.45) is 17.3 Å². The molecular weight excluding hydrogens is 443 g/mol. The van der Waals surface area contributed by atoms with Gasteiger partial charge >= 0.3 is 12.1 Å². The van der Waals surface area contributed by atoms with E-state index in [1.54, 1.807) is 18.2 Å². The van der Waals surface area contributed by atoms with Gasteiger partial charge in [0.15, 0.2) is 0 Å². The van der Waals surface area contributed by atoms with Crippen LogP contribution >= 0.6 is 0 Å². The third-order valence-corrected chi connectivity index (χ3v) is 8.06. The molecule has 3 atom stereocenters. The van der Waals surface area contributed by atoms with Gasteiger partial charge in [0.05, 0.1) is 12.0 Å². The van der Waals surface area contributed by atoms with Crippen LogP contribution in [0.4, 0.5) is 13.2 Å². The molecule has 0 heterocycles. The number of benzene rings is 2. The van der Waals surface area contributed by atoms with Gasteiger partial charge in [0.2, 0.25) is 0 Å². The number of rotatable bonds is 6. The monoisotopic (exact) mass is 477 g/mol. The molecule has 0 bridgehead atoms. The molecule has 0 radical (unpaired) electrons. The number of nitrogens with one attached hydrogen (secondary N) is 1. The van der Waals surface area contributed by atoms with Crippen molar-refractivity contribution in [3.63, 3.8) is 0 Å². The van der Waals surface area contributed by atoms with E-state index in [0.717, 1.165) is 31.2 Å². The molecular formula is C27H34F3NO3. The van der Waals surface area contributed by atoms with Crippen molar-refractivity contribution in [3.8, 4) is 5.75 Å². The largest absolute Gasteiger partial charge is 0.490 e. The summed E-state index contributed by atoms with van der Waals surface area (Å²) in [6.07, 6.45) is -0.761. The fourth-order valence-electron chi connectivity index (χ4n) is 5.53. The number of carboxylic acids is 1. The quantitative estimate of drug-likeness (QED) is 0.472. The molecule has 34 heavy (non-hydrogen) atoms. The summed E-state index contributed by atoms with van der Waals surface area (Å²) in [5, 5.41) is 13.5. The Kier molecular flexibility index (Phi) is 6.62. The molecule has 0 aromatic heterocycles. The number of hydrogen-bond donors (Lipinski definition) is 2. The number of carboxylic acid groups (broad SMARTS) is 1. The van der Waals surface area contributed by atoms with Crippen molar-refractivity contribution in [3.05, 3.63) is 41.5 Å². The highest BCUT2D eigenvalue weighted by Crippen LogP contribution is 2.47. The lowest BCUT2D eigenvalue weighted by Crippen LogP contribution is -2.59. The smallest absolute Gasteiger partial charge is 0.420 e. The van der Waals surface area contributed by atoms with Crippen molar-refractivity contribution in [2.75, 3.05) is 0 Å². The summed E-state index contributed by atoms with van der Waals surface area (Å²) >= 11 is 0. The Bertz CT molecular complexity index is 1060. The zero-order valence-corrected chi connectivity index (χ0v) is 20.2. The Balaban J connectivity index is 1.62. The summed E-state index contributed by atoms with van der Waals surface area (Å²) in [4.78, 5) is 11.4. The van der Waals surface area contributed by atoms with E-state index in [-0.39, 0.29) is 29.3 Å². The summed E-state index contributed by atoms with van der Waals surface area (Å²) in [6.45, 7) is 7.90. The average Bonchev–Trinajstić information content (AvgIpc) is 2.76. The minimum absolute atomic E-state index is 0.0234. The van der Waals surface area contributed by atoms with Crippen molar-refractivity contribution in [1.82, 2.24) is 5.32 Å². The average molecular weight is 478 g/mol. The van der Waals surface area contributed by atoms with Gasteiger partial charge in [-0.05, 0) is 78.8 Å². The highest BCUT2D eigenvalue weighted by Gasteiger charge is 2.52. The van der Waals surface area contributed by atoms with E-state index in [1.807, 2.05) is 26.8 Å². The third kappa shape index (κ3) is 4.77. The summed E-state index contributed by atoms with van der Waals surface area (Å²) in [5.74, 6) is -0.743. The van der Waals surface area contributed by atoms with Crippen molar-refractivity contribution in [2.45, 2.75) is 84.2 Å². The molecule has 0 amide bonds. The first-order valence-electron chi connectivity index (χ1n) is 12.2. The summed E-state index contributed by atoms with van der Waals surface area (Å²) in [6, 6.07) is 8.05. The molecule has 0 spiro atoms. The Labute approximate surface area is 198 Å². The lowest BCUT2D eigenvalue weighted by atomic mass is 9.58. The maximum Gasteiger partial charge on any atom is 0.420 e. The van der Waals surface area contributed by atoms with Crippen LogP contribution in [0.15, 0.2) is 30.3 Å². The molecule has 186 valence electrons. The minimum Gasteiger partial charge on any atom is -0.490 e. The molecule has 2 fully saturated rings. The van der Waals surface area contributed by atoms with Gasteiger partial charge in [-0.1, -0.05) is 39.0 Å². The second kappa shape index (κ2) is 9.06. The highest BCUT2D eigenvalue weighted by molar-refractivity contribution is 5.89. The first-order chi connectivity index (χ1) is 15.9. The molecule has 0 saturated heterocycles. The topological polar surface area (TPSA) is 58.6 Å². The van der Waals surface area contributed by atoms with Crippen LogP contribution in [0.2, 0.25) is 0 Å². The zero-order valence-electron chi connectivity index (χ0n) is 20.2. The fraction of sp³-hybridized carbons (Fsp3) is 0.593. The second-order valence-corrected chi connectivity index (χ2v) is 10.8. The van der Waals surface area contributed by atoms with E-state index in [4.69, 9.17) is 4.74 Å². The van der Waals surface area contributed by atoms with Crippen LogP contribution in [0.25, 0.3) is 10.8 Å². The van der Waals surface area contributed by atoms with Gasteiger partial charge in [0.25, 0.3) is 0 Å². The SMILES string of the molecule is CC(N[C@H]1C[C@H](C(=O)O)C1(C)C)c1ccc2ccc(O[C@H]3CC[C@@H](C)CC3)c(C(F)(F)F)c2c1. The number of alkyl halides is 3. The van der Waals surface area contributed by atoms with Crippen LogP contribution in [0.3, 0.4) is 0 Å². The van der Waals surface area contributed by atoms with Crippen LogP contribution in [-0.2, 0) is 11.0 Å². The standard InChI is InChI=1S/C27H34F3NO3/c1-15-5-10-19(11-6-15)34-22-12-9-17-7-8-18(13-20(17)24(22)27(28,29)30)16(2)31-23-14-21(25(32)33)26(23,3)4/h7-9,12-13,15-16,19,21,23,31H,5-6,10-11,14H2,1-4H3,(H,32,33)/t15-,16?,19+,21-,23+/m1/s1. The van der Waals surface area contributed by atoms with Gasteiger partial charge in [-0.25, -0.2) is 0 Å². The molecule has 0 aliphatic heterocycles. The van der Waals surface area contributed by atoms with Crippen LogP contribution in [0, 0.1) is 17.3 Å². The van der Waals surface area contributed by atoms with E-state index < -0.39 is 29.0 Å². The third-order valence-electron chi connectivity index (χ3n) is 8.06. The van der Waals surface area contributed by atoms with Crippen LogP contribution in [0.5, 0.6) is 5.75 Å². The van der Waals surface area contributed by atoms with E-state index in [9.17, 15) is 23.1 Å². The molecule has 2 aromatic rings. The Morgan fingerprint density at radius 3 is 2.38 bits per heavy atom. The summed E-state index contributed by atoms with van der Waals surface area (Å²) < 4.78 is 48.7. The van der Waals surface area contributed by atoms with Gasteiger partial charge in [-0.3, -0.25) is 4.79 Å². The van der Waals surface area contributed by atoms with Crippen LogP contribution in [0.1, 0.15) is 77.0 Å². The predicted octanol–water partition coefficient (Wildman–Crippen LogP) is 6.97. The van der Waals surface area contributed by atoms with Crippen LogP contribution < -0.4 is 10.1 Å². The Hall–Kier alpha value is -2.28. The summed E-state index contributed by atoms with van der Waals surface area (Å²) in [7, 11) is 0. The molecule has 2 saturated carbocycles. The predicted molar refractivity (Wildman–Crippen MR) is 126 cm³/mol. The molecule has 4 nitrogen and oxygen atoms in total. The second-order valence-electron chi connectivity index (χ2n) is 10.8. The number of carbonyl (C=O) groups is 1. The first-order valence-corrected chi connectivity index (χ1v) is 12.2. The normalized spacial score (nSPS) is 27.7. The zero-order chi connectivity index (χ0) is 24.8. The minimum atomic E-state index is -4.54. The van der Waals surface area contributed by atoms with Crippen molar-refractivity contribution < 1.29 is 27.8 Å². The molecule has 7 heteroatoms. The van der Waals surface area contributed by atoms with Gasteiger partial charge < -0.3 is 15.2 Å². The maximum absolute atomic E-state index is 14.3. The van der Waals surface area contributed by atoms with Gasteiger partial charge in [-0.2, -0.15) is 13.2 Å². The molecule has 2 N–H and O–H groups in total. The first kappa shape index (κ1) is 24.8. The van der Waals surface area contributed by atoms with Gasteiger partial charge in [0, 0.05) is 12.1 Å². The van der Waals surface area contributed by atoms with Gasteiger partial charge in [-0.15, -0.1) is 0 Å². The molecule has 2 aliphatic carbocycles. The highest BCUT2D eigenvalue weighted by atomic mass is 19.4. The number of fused-ring (bicyclic) bond motifs is 1. The molecule has 1 unspecified atom stereocenters.